The van der Waals surface area contributed by atoms with Crippen LogP contribution < -0.4 is 0 Å². The molecule has 3 heterocycles. The molecule has 4 rings (SSSR count). The second-order valence-electron chi connectivity index (χ2n) is 5.94. The summed E-state index contributed by atoms with van der Waals surface area (Å²) in [6, 6.07) is 10.8. The zero-order valence-corrected chi connectivity index (χ0v) is 15.7. The van der Waals surface area contributed by atoms with Gasteiger partial charge in [0.25, 0.3) is 0 Å². The van der Waals surface area contributed by atoms with Gasteiger partial charge in [-0.05, 0) is 40.6 Å². The highest BCUT2D eigenvalue weighted by Gasteiger charge is 2.42. The van der Waals surface area contributed by atoms with Crippen molar-refractivity contribution >= 4 is 40.3 Å². The molecule has 4 nitrogen and oxygen atoms in total. The number of aromatic nitrogens is 1. The third-order valence-corrected chi connectivity index (χ3v) is 5.60. The van der Waals surface area contributed by atoms with Gasteiger partial charge in [-0.15, -0.1) is 0 Å². The summed E-state index contributed by atoms with van der Waals surface area (Å²) < 4.78 is 0. The summed E-state index contributed by atoms with van der Waals surface area (Å²) in [6.45, 7) is 0. The van der Waals surface area contributed by atoms with Crippen LogP contribution in [0.2, 0.25) is 10.0 Å². The van der Waals surface area contributed by atoms with E-state index in [1.807, 2.05) is 22.9 Å². The number of hydrogen-bond acceptors (Lipinski definition) is 5. The van der Waals surface area contributed by atoms with Crippen molar-refractivity contribution in [3.05, 3.63) is 86.3 Å². The average Bonchev–Trinajstić information content (AvgIpc) is 3.31. The fraction of sp³-hybridized carbons (Fsp3) is 0.158. The first-order valence-electron chi connectivity index (χ1n) is 7.94. The number of thiophene rings is 1. The van der Waals surface area contributed by atoms with Crippen molar-refractivity contribution in [1.82, 2.24) is 4.98 Å². The number of pyridine rings is 1. The Morgan fingerprint density at radius 1 is 1.19 bits per heavy atom. The Balaban J connectivity index is 1.77. The van der Waals surface area contributed by atoms with Crippen LogP contribution in [0.3, 0.4) is 0 Å². The molecule has 7 heteroatoms. The molecule has 0 aliphatic carbocycles. The molecule has 0 radical (unpaired) electrons. The lowest BCUT2D eigenvalue weighted by molar-refractivity contribution is 0.0151. The standard InChI is InChI=1S/C19H14Cl2N2O2S/c20-13-3-4-14(15(21)8-13)17-16(18(24)11-2-1-6-22-9-11)19(25-23-17)12-5-7-26-10-12/h1-10,16,18-19,24H. The zero-order valence-electron chi connectivity index (χ0n) is 13.4. The molecule has 3 atom stereocenters. The van der Waals surface area contributed by atoms with Gasteiger partial charge in [-0.3, -0.25) is 4.98 Å². The Morgan fingerprint density at radius 3 is 2.77 bits per heavy atom. The molecule has 26 heavy (non-hydrogen) atoms. The summed E-state index contributed by atoms with van der Waals surface area (Å²) in [5, 5.41) is 20.3. The summed E-state index contributed by atoms with van der Waals surface area (Å²) in [5.74, 6) is -0.424. The Bertz CT molecular complexity index is 932. The number of hydrogen-bond donors (Lipinski definition) is 1. The highest BCUT2D eigenvalue weighted by molar-refractivity contribution is 7.08. The Kier molecular flexibility index (Phi) is 4.96. The lowest BCUT2D eigenvalue weighted by atomic mass is 9.83. The van der Waals surface area contributed by atoms with E-state index >= 15 is 0 Å². The number of rotatable bonds is 4. The molecule has 2 aromatic heterocycles. The van der Waals surface area contributed by atoms with Crippen LogP contribution in [-0.4, -0.2) is 15.8 Å². The molecule has 0 saturated carbocycles. The molecular formula is C19H14Cl2N2O2S. The first-order valence-corrected chi connectivity index (χ1v) is 9.64. The van der Waals surface area contributed by atoms with Crippen LogP contribution in [0, 0.1) is 5.92 Å². The number of aliphatic hydroxyl groups is 1. The van der Waals surface area contributed by atoms with Gasteiger partial charge in [0.15, 0.2) is 6.10 Å². The highest BCUT2D eigenvalue weighted by Crippen LogP contribution is 2.43. The third kappa shape index (κ3) is 3.23. The van der Waals surface area contributed by atoms with E-state index in [1.165, 1.54) is 0 Å². The maximum atomic E-state index is 11.1. The molecule has 0 saturated heterocycles. The Morgan fingerprint density at radius 2 is 2.08 bits per heavy atom. The van der Waals surface area contributed by atoms with Gasteiger partial charge in [-0.25, -0.2) is 0 Å². The molecular weight excluding hydrogens is 391 g/mol. The predicted molar refractivity (Wildman–Crippen MR) is 104 cm³/mol. The summed E-state index contributed by atoms with van der Waals surface area (Å²) >= 11 is 14.0. The molecule has 0 spiro atoms. The maximum absolute atomic E-state index is 11.1. The number of oxime groups is 1. The van der Waals surface area contributed by atoms with Crippen molar-refractivity contribution in [2.24, 2.45) is 11.1 Å². The predicted octanol–water partition coefficient (Wildman–Crippen LogP) is 5.28. The molecule has 1 aliphatic rings. The number of nitrogens with zero attached hydrogens (tertiary/aromatic N) is 2. The number of aliphatic hydroxyl groups excluding tert-OH is 1. The lowest BCUT2D eigenvalue weighted by Crippen LogP contribution is -2.25. The van der Waals surface area contributed by atoms with Gasteiger partial charge in [0, 0.05) is 28.5 Å². The SMILES string of the molecule is OC(c1cccnc1)C1C(c2ccc(Cl)cc2Cl)=NOC1c1ccsc1. The first-order chi connectivity index (χ1) is 12.6. The van der Waals surface area contributed by atoms with Crippen molar-refractivity contribution in [3.8, 4) is 0 Å². The van der Waals surface area contributed by atoms with Crippen LogP contribution in [0.25, 0.3) is 0 Å². The zero-order chi connectivity index (χ0) is 18.1. The van der Waals surface area contributed by atoms with Crippen molar-refractivity contribution in [1.29, 1.82) is 0 Å². The molecule has 1 N–H and O–H groups in total. The van der Waals surface area contributed by atoms with Gasteiger partial charge >= 0.3 is 0 Å². The van der Waals surface area contributed by atoms with Gasteiger partial charge in [0.05, 0.1) is 22.8 Å². The second kappa shape index (κ2) is 7.37. The summed E-state index contributed by atoms with van der Waals surface area (Å²) in [6.07, 6.45) is 2.07. The molecule has 0 amide bonds. The van der Waals surface area contributed by atoms with E-state index < -0.39 is 18.1 Å². The molecule has 0 bridgehead atoms. The molecule has 3 aromatic rings. The fourth-order valence-corrected chi connectivity index (χ4v) is 4.28. The van der Waals surface area contributed by atoms with Crippen molar-refractivity contribution in [2.75, 3.05) is 0 Å². The van der Waals surface area contributed by atoms with E-state index in [9.17, 15) is 5.11 Å². The summed E-state index contributed by atoms with van der Waals surface area (Å²) in [5.41, 5.74) is 2.95. The Hall–Kier alpha value is -1.92. The van der Waals surface area contributed by atoms with E-state index in [1.54, 1.807) is 48.0 Å². The molecule has 1 aromatic carbocycles. The quantitative estimate of drug-likeness (QED) is 0.643. The van der Waals surface area contributed by atoms with E-state index in [0.717, 1.165) is 5.56 Å². The minimum atomic E-state index is -0.846. The molecule has 0 fully saturated rings. The second-order valence-corrected chi connectivity index (χ2v) is 7.56. The number of benzene rings is 1. The minimum absolute atomic E-state index is 0.404. The van der Waals surface area contributed by atoms with Gasteiger partial charge in [-0.2, -0.15) is 11.3 Å². The van der Waals surface area contributed by atoms with Gasteiger partial charge in [0.1, 0.15) is 0 Å². The fourth-order valence-electron chi connectivity index (χ4n) is 3.09. The van der Waals surface area contributed by atoms with Crippen molar-refractivity contribution < 1.29 is 9.94 Å². The van der Waals surface area contributed by atoms with Crippen LogP contribution in [-0.2, 0) is 4.84 Å². The molecule has 1 aliphatic heterocycles. The average molecular weight is 405 g/mol. The van der Waals surface area contributed by atoms with Crippen molar-refractivity contribution in [2.45, 2.75) is 12.2 Å². The van der Waals surface area contributed by atoms with Crippen molar-refractivity contribution in [3.63, 3.8) is 0 Å². The van der Waals surface area contributed by atoms with Crippen LogP contribution in [0.4, 0.5) is 0 Å². The van der Waals surface area contributed by atoms with Crippen LogP contribution >= 0.6 is 34.5 Å². The highest BCUT2D eigenvalue weighted by atomic mass is 35.5. The number of halogens is 2. The van der Waals surface area contributed by atoms with Gasteiger partial charge < -0.3 is 9.94 Å². The molecule has 3 unspecified atom stereocenters. The monoisotopic (exact) mass is 404 g/mol. The smallest absolute Gasteiger partial charge is 0.164 e. The largest absolute Gasteiger partial charge is 0.387 e. The van der Waals surface area contributed by atoms with Crippen LogP contribution in [0.1, 0.15) is 28.9 Å². The lowest BCUT2D eigenvalue weighted by Gasteiger charge is -2.24. The topological polar surface area (TPSA) is 54.7 Å². The van der Waals surface area contributed by atoms with Gasteiger partial charge in [-0.1, -0.05) is 40.5 Å². The normalized spacial score (nSPS) is 20.5. The Labute approximate surface area is 164 Å². The summed E-state index contributed by atoms with van der Waals surface area (Å²) in [7, 11) is 0. The first kappa shape index (κ1) is 17.5. The molecule has 132 valence electrons. The maximum Gasteiger partial charge on any atom is 0.164 e. The van der Waals surface area contributed by atoms with E-state index in [2.05, 4.69) is 10.1 Å². The third-order valence-electron chi connectivity index (χ3n) is 4.35. The van der Waals surface area contributed by atoms with E-state index in [-0.39, 0.29) is 0 Å². The van der Waals surface area contributed by atoms with Gasteiger partial charge in [0.2, 0.25) is 0 Å². The van der Waals surface area contributed by atoms with E-state index in [0.29, 0.717) is 26.9 Å². The van der Waals surface area contributed by atoms with Crippen LogP contribution in [0.15, 0.2) is 64.7 Å². The van der Waals surface area contributed by atoms with E-state index in [4.69, 9.17) is 28.0 Å². The summed E-state index contributed by atoms with van der Waals surface area (Å²) in [4.78, 5) is 9.84. The minimum Gasteiger partial charge on any atom is -0.387 e. The van der Waals surface area contributed by atoms with Crippen LogP contribution in [0.5, 0.6) is 0 Å².